The van der Waals surface area contributed by atoms with Crippen molar-refractivity contribution in [3.05, 3.63) is 0 Å². The van der Waals surface area contributed by atoms with Gasteiger partial charge in [0.25, 0.3) is 0 Å². The molecule has 21 heavy (non-hydrogen) atoms. The Hall–Kier alpha value is -0.530. The molecule has 0 aliphatic heterocycles. The first-order valence-corrected chi connectivity index (χ1v) is 9.25. The standard InChI is InChI=1S/C19H38O2/c1-5-7-8-9-10-11-12-14-19(20)21-16-18(4)15-17(3)13-6-2/h17-18H,5-16H2,1-4H3. The number of esters is 1. The average molecular weight is 299 g/mol. The molecule has 0 saturated carbocycles. The second-order valence-electron chi connectivity index (χ2n) is 6.79. The van der Waals surface area contributed by atoms with Gasteiger partial charge in [-0.25, -0.2) is 0 Å². The van der Waals surface area contributed by atoms with Crippen LogP contribution in [-0.2, 0) is 9.53 Å². The van der Waals surface area contributed by atoms with Crippen molar-refractivity contribution < 1.29 is 9.53 Å². The fraction of sp³-hybridized carbons (Fsp3) is 0.947. The molecule has 2 nitrogen and oxygen atoms in total. The SMILES string of the molecule is CCCCCCCCCC(=O)OCC(C)CC(C)CCC. The Morgan fingerprint density at radius 3 is 2.10 bits per heavy atom. The van der Waals surface area contributed by atoms with Gasteiger partial charge in [-0.15, -0.1) is 0 Å². The highest BCUT2D eigenvalue weighted by Gasteiger charge is 2.11. The molecular weight excluding hydrogens is 260 g/mol. The minimum Gasteiger partial charge on any atom is -0.465 e. The highest BCUT2D eigenvalue weighted by atomic mass is 16.5. The normalized spacial score (nSPS) is 13.9. The van der Waals surface area contributed by atoms with E-state index in [-0.39, 0.29) is 5.97 Å². The number of hydrogen-bond donors (Lipinski definition) is 0. The maximum absolute atomic E-state index is 11.7. The summed E-state index contributed by atoms with van der Waals surface area (Å²) in [7, 11) is 0. The Morgan fingerprint density at radius 2 is 1.48 bits per heavy atom. The summed E-state index contributed by atoms with van der Waals surface area (Å²) in [4.78, 5) is 11.7. The smallest absolute Gasteiger partial charge is 0.305 e. The first-order valence-electron chi connectivity index (χ1n) is 9.25. The minimum atomic E-state index is -0.00134. The third kappa shape index (κ3) is 14.2. The van der Waals surface area contributed by atoms with Gasteiger partial charge in [0.1, 0.15) is 0 Å². The predicted octanol–water partition coefficient (Wildman–Crippen LogP) is 6.13. The third-order valence-corrected chi connectivity index (χ3v) is 4.10. The van der Waals surface area contributed by atoms with Gasteiger partial charge >= 0.3 is 5.97 Å². The summed E-state index contributed by atoms with van der Waals surface area (Å²) < 4.78 is 5.39. The second-order valence-corrected chi connectivity index (χ2v) is 6.79. The van der Waals surface area contributed by atoms with Gasteiger partial charge in [-0.05, 0) is 24.7 Å². The molecule has 0 aliphatic carbocycles. The molecule has 0 aliphatic rings. The Labute approximate surface area is 133 Å². The van der Waals surface area contributed by atoms with E-state index in [0.717, 1.165) is 12.3 Å². The number of carbonyl (C=O) groups excluding carboxylic acids is 1. The summed E-state index contributed by atoms with van der Waals surface area (Å²) in [5, 5.41) is 0. The molecular formula is C19H38O2. The van der Waals surface area contributed by atoms with Gasteiger partial charge in [0.15, 0.2) is 0 Å². The van der Waals surface area contributed by atoms with E-state index < -0.39 is 0 Å². The van der Waals surface area contributed by atoms with Crippen molar-refractivity contribution in [3.63, 3.8) is 0 Å². The molecule has 0 N–H and O–H groups in total. The molecule has 2 atom stereocenters. The van der Waals surface area contributed by atoms with Crippen molar-refractivity contribution in [2.45, 2.75) is 98.3 Å². The van der Waals surface area contributed by atoms with Crippen LogP contribution in [0.25, 0.3) is 0 Å². The summed E-state index contributed by atoms with van der Waals surface area (Å²) in [5.41, 5.74) is 0. The van der Waals surface area contributed by atoms with Crippen LogP contribution in [0.4, 0.5) is 0 Å². The molecule has 0 aromatic rings. The lowest BCUT2D eigenvalue weighted by Crippen LogP contribution is -2.14. The number of hydrogen-bond acceptors (Lipinski definition) is 2. The van der Waals surface area contributed by atoms with Crippen molar-refractivity contribution in [1.82, 2.24) is 0 Å². The van der Waals surface area contributed by atoms with Crippen molar-refractivity contribution in [3.8, 4) is 0 Å². The quantitative estimate of drug-likeness (QED) is 0.285. The van der Waals surface area contributed by atoms with E-state index in [1.165, 1.54) is 57.8 Å². The van der Waals surface area contributed by atoms with Gasteiger partial charge in [-0.1, -0.05) is 79.1 Å². The predicted molar refractivity (Wildman–Crippen MR) is 91.4 cm³/mol. The molecule has 0 rings (SSSR count). The van der Waals surface area contributed by atoms with E-state index in [2.05, 4.69) is 27.7 Å². The van der Waals surface area contributed by atoms with Gasteiger partial charge in [-0.3, -0.25) is 4.79 Å². The van der Waals surface area contributed by atoms with E-state index in [9.17, 15) is 4.79 Å². The lowest BCUT2D eigenvalue weighted by molar-refractivity contribution is -0.145. The second kappa shape index (κ2) is 14.4. The zero-order valence-corrected chi connectivity index (χ0v) is 15.0. The highest BCUT2D eigenvalue weighted by Crippen LogP contribution is 2.17. The Balaban J connectivity index is 3.44. The van der Waals surface area contributed by atoms with E-state index in [1.807, 2.05) is 0 Å². The highest BCUT2D eigenvalue weighted by molar-refractivity contribution is 5.69. The molecule has 0 heterocycles. The monoisotopic (exact) mass is 298 g/mol. The first-order chi connectivity index (χ1) is 10.1. The van der Waals surface area contributed by atoms with Crippen LogP contribution in [0.5, 0.6) is 0 Å². The topological polar surface area (TPSA) is 26.3 Å². The lowest BCUT2D eigenvalue weighted by Gasteiger charge is -2.16. The summed E-state index contributed by atoms with van der Waals surface area (Å²) in [6.45, 7) is 9.54. The maximum Gasteiger partial charge on any atom is 0.305 e. The van der Waals surface area contributed by atoms with Gasteiger partial charge in [-0.2, -0.15) is 0 Å². The van der Waals surface area contributed by atoms with Crippen LogP contribution in [0, 0.1) is 11.8 Å². The van der Waals surface area contributed by atoms with Crippen LogP contribution in [0.3, 0.4) is 0 Å². The zero-order chi connectivity index (χ0) is 15.9. The van der Waals surface area contributed by atoms with Crippen LogP contribution in [0.1, 0.15) is 98.3 Å². The van der Waals surface area contributed by atoms with Crippen LogP contribution < -0.4 is 0 Å². The van der Waals surface area contributed by atoms with Crippen molar-refractivity contribution in [2.75, 3.05) is 6.61 Å². The first kappa shape index (κ1) is 20.5. The molecule has 0 spiro atoms. The fourth-order valence-electron chi connectivity index (χ4n) is 2.90. The van der Waals surface area contributed by atoms with Gasteiger partial charge in [0.05, 0.1) is 6.61 Å². The summed E-state index contributed by atoms with van der Waals surface area (Å²) in [6, 6.07) is 0. The third-order valence-electron chi connectivity index (χ3n) is 4.10. The molecule has 0 saturated heterocycles. The molecule has 126 valence electrons. The molecule has 0 fully saturated rings. The number of ether oxygens (including phenoxy) is 1. The number of unbranched alkanes of at least 4 members (excludes halogenated alkanes) is 6. The van der Waals surface area contributed by atoms with Crippen LogP contribution in [0.2, 0.25) is 0 Å². The van der Waals surface area contributed by atoms with Gasteiger partial charge in [0, 0.05) is 6.42 Å². The van der Waals surface area contributed by atoms with E-state index in [4.69, 9.17) is 4.74 Å². The molecule has 0 aromatic heterocycles. The van der Waals surface area contributed by atoms with Gasteiger partial charge < -0.3 is 4.74 Å². The van der Waals surface area contributed by atoms with Crippen molar-refractivity contribution in [1.29, 1.82) is 0 Å². The average Bonchev–Trinajstić information content (AvgIpc) is 2.44. The fourth-order valence-corrected chi connectivity index (χ4v) is 2.90. The maximum atomic E-state index is 11.7. The summed E-state index contributed by atoms with van der Waals surface area (Å²) >= 11 is 0. The van der Waals surface area contributed by atoms with Crippen molar-refractivity contribution >= 4 is 5.97 Å². The lowest BCUT2D eigenvalue weighted by atomic mass is 9.94. The van der Waals surface area contributed by atoms with Crippen LogP contribution in [-0.4, -0.2) is 12.6 Å². The molecule has 0 radical (unpaired) electrons. The summed E-state index contributed by atoms with van der Waals surface area (Å²) in [6.07, 6.45) is 13.0. The minimum absolute atomic E-state index is 0.00134. The van der Waals surface area contributed by atoms with Crippen molar-refractivity contribution in [2.24, 2.45) is 11.8 Å². The Bertz CT molecular complexity index is 238. The molecule has 0 aromatic carbocycles. The van der Waals surface area contributed by atoms with Crippen LogP contribution >= 0.6 is 0 Å². The molecule has 2 heteroatoms. The Kier molecular flexibility index (Phi) is 14.0. The van der Waals surface area contributed by atoms with E-state index >= 15 is 0 Å². The molecule has 2 unspecified atom stereocenters. The molecule has 0 amide bonds. The van der Waals surface area contributed by atoms with E-state index in [0.29, 0.717) is 18.9 Å². The largest absolute Gasteiger partial charge is 0.465 e. The van der Waals surface area contributed by atoms with E-state index in [1.54, 1.807) is 0 Å². The Morgan fingerprint density at radius 1 is 0.857 bits per heavy atom. The number of rotatable bonds is 14. The zero-order valence-electron chi connectivity index (χ0n) is 15.0. The molecule has 0 bridgehead atoms. The van der Waals surface area contributed by atoms with Gasteiger partial charge in [0.2, 0.25) is 0 Å². The number of carbonyl (C=O) groups is 1. The summed E-state index contributed by atoms with van der Waals surface area (Å²) in [5.74, 6) is 1.23. The van der Waals surface area contributed by atoms with Crippen LogP contribution in [0.15, 0.2) is 0 Å².